The Balaban J connectivity index is 1.90. The molecule has 0 radical (unpaired) electrons. The molecule has 1 fully saturated rings. The van der Waals surface area contributed by atoms with Crippen LogP contribution >= 0.6 is 0 Å². The minimum atomic E-state index is -1.19. The summed E-state index contributed by atoms with van der Waals surface area (Å²) in [6.07, 6.45) is 2.73. The number of imidazole rings is 1. The molecule has 3 aromatic rings. The molecule has 0 unspecified atom stereocenters. The van der Waals surface area contributed by atoms with Crippen LogP contribution in [0.1, 0.15) is 45.7 Å². The summed E-state index contributed by atoms with van der Waals surface area (Å²) >= 11 is 0. The molecule has 158 valence electrons. The molecule has 10 heteroatoms. The number of nitrogens with two attached hydrogens (primary N) is 2. The Labute approximate surface area is 173 Å². The second kappa shape index (κ2) is 7.59. The van der Waals surface area contributed by atoms with E-state index >= 15 is 0 Å². The molecule has 2 atom stereocenters. The zero-order valence-corrected chi connectivity index (χ0v) is 17.2. The van der Waals surface area contributed by atoms with Gasteiger partial charge in [0.25, 0.3) is 0 Å². The number of nitrogens with zero attached hydrogens (tertiary/aromatic N) is 5. The third kappa shape index (κ3) is 3.81. The van der Waals surface area contributed by atoms with Crippen LogP contribution in [0.5, 0.6) is 5.88 Å². The normalized spacial score (nSPS) is 19.1. The first-order valence-corrected chi connectivity index (χ1v) is 9.94. The number of nitrogen functional groups attached to an aromatic ring is 1. The van der Waals surface area contributed by atoms with Crippen molar-refractivity contribution in [2.75, 3.05) is 5.73 Å². The van der Waals surface area contributed by atoms with Gasteiger partial charge >= 0.3 is 0 Å². The van der Waals surface area contributed by atoms with Crippen molar-refractivity contribution in [2.24, 2.45) is 5.73 Å². The molecule has 0 aliphatic heterocycles. The molecular weight excluding hydrogens is 386 g/mol. The Kier molecular flexibility index (Phi) is 5.09. The Morgan fingerprint density at radius 2 is 2.13 bits per heavy atom. The molecule has 3 heterocycles. The molecule has 0 saturated heterocycles. The number of aromatic nitrogens is 5. The average Bonchev–Trinajstić information content (AvgIpc) is 3.38. The fourth-order valence-electron chi connectivity index (χ4n) is 3.57. The Morgan fingerprint density at radius 1 is 1.33 bits per heavy atom. The number of fused-ring (bicyclic) bond motifs is 1. The van der Waals surface area contributed by atoms with E-state index in [4.69, 9.17) is 20.8 Å². The van der Waals surface area contributed by atoms with Gasteiger partial charge in [-0.15, -0.1) is 0 Å². The second-order valence-corrected chi connectivity index (χ2v) is 7.91. The van der Waals surface area contributed by atoms with Crippen LogP contribution in [0.15, 0.2) is 10.7 Å². The summed E-state index contributed by atoms with van der Waals surface area (Å²) < 4.78 is 12.8. The van der Waals surface area contributed by atoms with Crippen molar-refractivity contribution in [1.29, 1.82) is 0 Å². The third-order valence-corrected chi connectivity index (χ3v) is 5.02. The van der Waals surface area contributed by atoms with Gasteiger partial charge in [-0.3, -0.25) is 0 Å². The summed E-state index contributed by atoms with van der Waals surface area (Å²) in [6, 6.07) is 1.79. The SMILES string of the molecule is CCn1c(-c2nonc2N)nc2c(C#CC(C)(C)O)nc(O[C@@H]3CCC[C@@H]3N)cc21. The van der Waals surface area contributed by atoms with Gasteiger partial charge in [-0.1, -0.05) is 5.92 Å². The van der Waals surface area contributed by atoms with Crippen LogP contribution in [0, 0.1) is 11.8 Å². The van der Waals surface area contributed by atoms with E-state index < -0.39 is 5.60 Å². The lowest BCUT2D eigenvalue weighted by molar-refractivity contribution is 0.143. The topological polar surface area (TPSA) is 151 Å². The number of hydrogen-bond donors (Lipinski definition) is 3. The first-order valence-electron chi connectivity index (χ1n) is 9.94. The number of hydrogen-bond acceptors (Lipinski definition) is 9. The maximum atomic E-state index is 10.1. The zero-order chi connectivity index (χ0) is 21.5. The largest absolute Gasteiger partial charge is 0.473 e. The summed E-state index contributed by atoms with van der Waals surface area (Å²) in [6.45, 7) is 5.77. The number of pyridine rings is 1. The zero-order valence-electron chi connectivity index (χ0n) is 17.2. The van der Waals surface area contributed by atoms with Crippen molar-refractivity contribution in [3.8, 4) is 29.2 Å². The van der Waals surface area contributed by atoms with Gasteiger partial charge < -0.3 is 25.9 Å². The Hall–Kier alpha value is -3.16. The van der Waals surface area contributed by atoms with Gasteiger partial charge in [0.05, 0.1) is 5.52 Å². The van der Waals surface area contributed by atoms with Crippen molar-refractivity contribution < 1.29 is 14.5 Å². The Morgan fingerprint density at radius 3 is 2.73 bits per heavy atom. The van der Waals surface area contributed by atoms with E-state index in [0.717, 1.165) is 24.8 Å². The van der Waals surface area contributed by atoms with Crippen molar-refractivity contribution in [2.45, 2.75) is 64.3 Å². The van der Waals surface area contributed by atoms with E-state index in [9.17, 15) is 5.11 Å². The summed E-state index contributed by atoms with van der Waals surface area (Å²) in [5.41, 5.74) is 12.9. The molecular formula is C20H25N7O3. The molecule has 0 aromatic carbocycles. The molecule has 1 aliphatic carbocycles. The molecule has 1 aliphatic rings. The van der Waals surface area contributed by atoms with Crippen LogP contribution in [-0.4, -0.2) is 47.7 Å². The standard InChI is InChI=1S/C20H25N7O3/c1-4-27-13-10-15(29-14-7-5-6-11(14)21)23-12(8-9-20(2,3)28)16(13)24-19(27)17-18(22)26-30-25-17/h10-11,14,28H,4-7,21H2,1-3H3,(H2,22,26)/t11-,14+/m0/s1. The predicted molar refractivity (Wildman–Crippen MR) is 110 cm³/mol. The summed E-state index contributed by atoms with van der Waals surface area (Å²) in [5, 5.41) is 17.6. The van der Waals surface area contributed by atoms with Gasteiger partial charge in [-0.25, -0.2) is 14.6 Å². The van der Waals surface area contributed by atoms with Crippen molar-refractivity contribution in [3.63, 3.8) is 0 Å². The highest BCUT2D eigenvalue weighted by molar-refractivity contribution is 5.86. The van der Waals surface area contributed by atoms with Gasteiger partial charge in [0.1, 0.15) is 22.9 Å². The highest BCUT2D eigenvalue weighted by Gasteiger charge is 2.27. The first-order chi connectivity index (χ1) is 14.3. The Bertz CT molecular complexity index is 1130. The second-order valence-electron chi connectivity index (χ2n) is 7.91. The quantitative estimate of drug-likeness (QED) is 0.542. The molecule has 1 saturated carbocycles. The minimum Gasteiger partial charge on any atom is -0.473 e. The maximum absolute atomic E-state index is 10.1. The van der Waals surface area contributed by atoms with Crippen molar-refractivity contribution in [1.82, 2.24) is 24.8 Å². The van der Waals surface area contributed by atoms with E-state index in [-0.39, 0.29) is 18.0 Å². The third-order valence-electron chi connectivity index (χ3n) is 5.02. The molecule has 0 amide bonds. The highest BCUT2D eigenvalue weighted by Crippen LogP contribution is 2.31. The van der Waals surface area contributed by atoms with Crippen molar-refractivity contribution in [3.05, 3.63) is 11.8 Å². The molecule has 30 heavy (non-hydrogen) atoms. The minimum absolute atomic E-state index is 0.0268. The van der Waals surface area contributed by atoms with Gasteiger partial charge in [-0.05, 0) is 56.3 Å². The molecule has 4 rings (SSSR count). The van der Waals surface area contributed by atoms with Gasteiger partial charge in [0.15, 0.2) is 17.3 Å². The first kappa shape index (κ1) is 20.1. The number of ether oxygens (including phenoxy) is 1. The van der Waals surface area contributed by atoms with Crippen LogP contribution in [0.25, 0.3) is 22.6 Å². The molecule has 0 bridgehead atoms. The van der Waals surface area contributed by atoms with Crippen LogP contribution in [0.4, 0.5) is 5.82 Å². The monoisotopic (exact) mass is 411 g/mol. The molecule has 10 nitrogen and oxygen atoms in total. The lowest BCUT2D eigenvalue weighted by Gasteiger charge is -2.17. The van der Waals surface area contributed by atoms with E-state index in [2.05, 4.69) is 32.1 Å². The molecule has 3 aromatic heterocycles. The molecule has 5 N–H and O–H groups in total. The summed E-state index contributed by atoms with van der Waals surface area (Å²) in [5.74, 6) is 6.79. The number of aryl methyl sites for hydroxylation is 1. The van der Waals surface area contributed by atoms with E-state index in [1.807, 2.05) is 17.6 Å². The smallest absolute Gasteiger partial charge is 0.217 e. The molecule has 0 spiro atoms. The lowest BCUT2D eigenvalue weighted by atomic mass is 10.1. The van der Waals surface area contributed by atoms with E-state index in [1.54, 1.807) is 13.8 Å². The van der Waals surface area contributed by atoms with E-state index in [0.29, 0.717) is 35.2 Å². The fraction of sp³-hybridized carbons (Fsp3) is 0.500. The summed E-state index contributed by atoms with van der Waals surface area (Å²) in [4.78, 5) is 9.23. The lowest BCUT2D eigenvalue weighted by Crippen LogP contribution is -2.33. The van der Waals surface area contributed by atoms with Gasteiger partial charge in [0.2, 0.25) is 5.88 Å². The number of rotatable bonds is 4. The number of anilines is 1. The number of aliphatic hydroxyl groups is 1. The fourth-order valence-corrected chi connectivity index (χ4v) is 3.57. The van der Waals surface area contributed by atoms with E-state index in [1.165, 1.54) is 0 Å². The highest BCUT2D eigenvalue weighted by atomic mass is 16.6. The summed E-state index contributed by atoms with van der Waals surface area (Å²) in [7, 11) is 0. The van der Waals surface area contributed by atoms with Crippen LogP contribution in [0.2, 0.25) is 0 Å². The van der Waals surface area contributed by atoms with Gasteiger partial charge in [0, 0.05) is 18.7 Å². The average molecular weight is 411 g/mol. The van der Waals surface area contributed by atoms with Crippen LogP contribution < -0.4 is 16.2 Å². The maximum Gasteiger partial charge on any atom is 0.217 e. The van der Waals surface area contributed by atoms with Crippen LogP contribution in [0.3, 0.4) is 0 Å². The van der Waals surface area contributed by atoms with Crippen molar-refractivity contribution >= 4 is 16.9 Å². The predicted octanol–water partition coefficient (Wildman–Crippen LogP) is 1.46. The van der Waals surface area contributed by atoms with Crippen LogP contribution in [-0.2, 0) is 6.54 Å². The van der Waals surface area contributed by atoms with Gasteiger partial charge in [-0.2, -0.15) is 0 Å².